The third-order valence-corrected chi connectivity index (χ3v) is 5.66. The van der Waals surface area contributed by atoms with E-state index in [-0.39, 0.29) is 5.70 Å². The zero-order valence-electron chi connectivity index (χ0n) is 18.7. The van der Waals surface area contributed by atoms with Crippen LogP contribution in [0, 0.1) is 6.92 Å². The molecule has 0 fully saturated rings. The zero-order valence-corrected chi connectivity index (χ0v) is 19.5. The summed E-state index contributed by atoms with van der Waals surface area (Å²) in [5.41, 5.74) is 1.59. The fourth-order valence-corrected chi connectivity index (χ4v) is 3.68. The fourth-order valence-electron chi connectivity index (χ4n) is 2.91. The molecule has 3 aromatic rings. The molecule has 2 amide bonds. The molecule has 1 heterocycles. The highest BCUT2D eigenvalue weighted by atomic mass is 32.2. The van der Waals surface area contributed by atoms with Crippen LogP contribution in [0.1, 0.15) is 21.7 Å². The molecule has 2 N–H and O–H groups in total. The first-order chi connectivity index (χ1) is 16.0. The monoisotopic (exact) mass is 466 g/mol. The fraction of sp³-hybridized carbons (Fsp3) is 0.200. The maximum Gasteiger partial charge on any atom is 0.267 e. The summed E-state index contributed by atoms with van der Waals surface area (Å²) in [4.78, 5) is 26.8. The number of amides is 2. The Labute approximate surface area is 197 Å². The molecule has 33 heavy (non-hydrogen) atoms. The van der Waals surface area contributed by atoms with E-state index >= 15 is 0 Å². The van der Waals surface area contributed by atoms with Crippen LogP contribution in [0.3, 0.4) is 0 Å². The van der Waals surface area contributed by atoms with Crippen molar-refractivity contribution in [2.24, 2.45) is 0 Å². The van der Waals surface area contributed by atoms with E-state index in [4.69, 9.17) is 13.9 Å². The van der Waals surface area contributed by atoms with Crippen LogP contribution in [0.15, 0.2) is 75.9 Å². The van der Waals surface area contributed by atoms with E-state index in [9.17, 15) is 9.59 Å². The summed E-state index contributed by atoms with van der Waals surface area (Å²) in [7, 11) is 3.01. The topological polar surface area (TPSA) is 89.8 Å². The molecule has 8 heteroatoms. The molecule has 0 saturated carbocycles. The van der Waals surface area contributed by atoms with Crippen LogP contribution in [-0.4, -0.2) is 38.3 Å². The molecule has 172 valence electrons. The molecule has 2 aromatic carbocycles. The Morgan fingerprint density at radius 3 is 2.45 bits per heavy atom. The summed E-state index contributed by atoms with van der Waals surface area (Å²) >= 11 is 1.64. The molecule has 0 bridgehead atoms. The highest BCUT2D eigenvalue weighted by Crippen LogP contribution is 2.27. The van der Waals surface area contributed by atoms with Gasteiger partial charge in [-0.1, -0.05) is 17.7 Å². The SMILES string of the molecule is COc1ccc(C(=O)N/C(=C\c2ccco2)C(=O)NCCSc2ccc(C)cc2)cc1OC. The Bertz CT molecular complexity index is 1110. The van der Waals surface area contributed by atoms with Crippen molar-refractivity contribution in [2.45, 2.75) is 11.8 Å². The van der Waals surface area contributed by atoms with E-state index in [0.717, 1.165) is 4.90 Å². The van der Waals surface area contributed by atoms with E-state index in [2.05, 4.69) is 22.8 Å². The molecule has 0 aliphatic heterocycles. The lowest BCUT2D eigenvalue weighted by atomic mass is 10.1. The number of hydrogen-bond acceptors (Lipinski definition) is 6. The highest BCUT2D eigenvalue weighted by molar-refractivity contribution is 7.99. The molecular formula is C25H26N2O5S. The van der Waals surface area contributed by atoms with Crippen LogP contribution in [0.25, 0.3) is 6.08 Å². The van der Waals surface area contributed by atoms with Gasteiger partial charge in [-0.25, -0.2) is 0 Å². The minimum absolute atomic E-state index is 0.0741. The van der Waals surface area contributed by atoms with Crippen LogP contribution < -0.4 is 20.1 Å². The second-order valence-corrected chi connectivity index (χ2v) is 8.18. The first-order valence-corrected chi connectivity index (χ1v) is 11.2. The Hall–Kier alpha value is -3.65. The number of aryl methyl sites for hydroxylation is 1. The van der Waals surface area contributed by atoms with Crippen molar-refractivity contribution in [1.82, 2.24) is 10.6 Å². The molecule has 3 rings (SSSR count). The maximum absolute atomic E-state index is 12.8. The molecule has 7 nitrogen and oxygen atoms in total. The molecule has 0 spiro atoms. The van der Waals surface area contributed by atoms with E-state index in [0.29, 0.717) is 35.1 Å². The van der Waals surface area contributed by atoms with E-state index in [1.54, 1.807) is 42.1 Å². The lowest BCUT2D eigenvalue weighted by Gasteiger charge is -2.12. The quantitative estimate of drug-likeness (QED) is 0.263. The number of hydrogen-bond donors (Lipinski definition) is 2. The summed E-state index contributed by atoms with van der Waals surface area (Å²) in [6.07, 6.45) is 2.98. The Kier molecular flexibility index (Phi) is 8.60. The van der Waals surface area contributed by atoms with Gasteiger partial charge in [0.15, 0.2) is 11.5 Å². The second-order valence-electron chi connectivity index (χ2n) is 7.01. The third kappa shape index (κ3) is 6.92. The predicted octanol–water partition coefficient (Wildman–Crippen LogP) is 4.28. The summed E-state index contributed by atoms with van der Waals surface area (Å²) in [5.74, 6) is 1.18. The molecule has 0 unspecified atom stereocenters. The van der Waals surface area contributed by atoms with Gasteiger partial charge in [0.2, 0.25) is 0 Å². The van der Waals surface area contributed by atoms with Crippen molar-refractivity contribution in [3.8, 4) is 11.5 Å². The number of furan rings is 1. The summed E-state index contributed by atoms with van der Waals surface area (Å²) in [6, 6.07) is 16.4. The summed E-state index contributed by atoms with van der Waals surface area (Å²) in [5, 5.41) is 5.52. The molecule has 0 radical (unpaired) electrons. The van der Waals surface area contributed by atoms with Gasteiger partial charge in [-0.05, 0) is 49.4 Å². The highest BCUT2D eigenvalue weighted by Gasteiger charge is 2.17. The maximum atomic E-state index is 12.8. The van der Waals surface area contributed by atoms with Gasteiger partial charge >= 0.3 is 0 Å². The number of rotatable bonds is 10. The number of carbonyl (C=O) groups excluding carboxylic acids is 2. The first-order valence-electron chi connectivity index (χ1n) is 10.3. The van der Waals surface area contributed by atoms with Crippen molar-refractivity contribution in [3.05, 3.63) is 83.4 Å². The Balaban J connectivity index is 1.66. The van der Waals surface area contributed by atoms with Gasteiger partial charge < -0.3 is 24.5 Å². The smallest absolute Gasteiger partial charge is 0.267 e. The van der Waals surface area contributed by atoms with Crippen LogP contribution >= 0.6 is 11.8 Å². The number of ether oxygens (including phenoxy) is 2. The number of methoxy groups -OCH3 is 2. The van der Waals surface area contributed by atoms with E-state index in [1.165, 1.54) is 32.1 Å². The number of thioether (sulfide) groups is 1. The number of carbonyl (C=O) groups is 2. The molecule has 0 atom stereocenters. The standard InChI is InChI=1S/C25H26N2O5S/c1-17-6-9-20(10-7-17)33-14-12-26-25(29)21(16-19-5-4-13-32-19)27-24(28)18-8-11-22(30-2)23(15-18)31-3/h4-11,13,15-16H,12,14H2,1-3H3,(H,26,29)(H,27,28)/b21-16-. The Morgan fingerprint density at radius 2 is 1.79 bits per heavy atom. The largest absolute Gasteiger partial charge is 0.493 e. The van der Waals surface area contributed by atoms with E-state index < -0.39 is 11.8 Å². The van der Waals surface area contributed by atoms with Crippen LogP contribution in [0.4, 0.5) is 0 Å². The van der Waals surface area contributed by atoms with Gasteiger partial charge in [0, 0.05) is 28.8 Å². The summed E-state index contributed by atoms with van der Waals surface area (Å²) < 4.78 is 15.8. The van der Waals surface area contributed by atoms with Crippen molar-refractivity contribution in [1.29, 1.82) is 0 Å². The lowest BCUT2D eigenvalue weighted by molar-refractivity contribution is -0.117. The minimum Gasteiger partial charge on any atom is -0.493 e. The number of nitrogens with one attached hydrogen (secondary N) is 2. The Morgan fingerprint density at radius 1 is 1.03 bits per heavy atom. The van der Waals surface area contributed by atoms with Crippen LogP contribution in [0.2, 0.25) is 0 Å². The van der Waals surface area contributed by atoms with E-state index in [1.807, 2.05) is 19.1 Å². The first kappa shape index (κ1) is 24.0. The third-order valence-electron chi connectivity index (χ3n) is 4.65. The van der Waals surface area contributed by atoms with Crippen molar-refractivity contribution < 1.29 is 23.5 Å². The van der Waals surface area contributed by atoms with Gasteiger partial charge in [-0.2, -0.15) is 0 Å². The molecule has 0 saturated heterocycles. The lowest BCUT2D eigenvalue weighted by Crippen LogP contribution is -2.35. The van der Waals surface area contributed by atoms with Crippen molar-refractivity contribution in [3.63, 3.8) is 0 Å². The normalized spacial score (nSPS) is 11.1. The molecule has 0 aliphatic carbocycles. The van der Waals surface area contributed by atoms with Crippen molar-refractivity contribution >= 4 is 29.7 Å². The van der Waals surface area contributed by atoms with Gasteiger partial charge in [0.25, 0.3) is 11.8 Å². The second kappa shape index (κ2) is 11.8. The minimum atomic E-state index is -0.460. The zero-order chi connectivity index (χ0) is 23.6. The van der Waals surface area contributed by atoms with Gasteiger partial charge in [-0.15, -0.1) is 11.8 Å². The van der Waals surface area contributed by atoms with Gasteiger partial charge in [0.05, 0.1) is 20.5 Å². The average Bonchev–Trinajstić information content (AvgIpc) is 3.35. The summed E-state index contributed by atoms with van der Waals surface area (Å²) in [6.45, 7) is 2.47. The van der Waals surface area contributed by atoms with Gasteiger partial charge in [0.1, 0.15) is 11.5 Å². The van der Waals surface area contributed by atoms with Crippen molar-refractivity contribution in [2.75, 3.05) is 26.5 Å². The molecule has 1 aromatic heterocycles. The predicted molar refractivity (Wildman–Crippen MR) is 129 cm³/mol. The molecular weight excluding hydrogens is 440 g/mol. The number of benzene rings is 2. The molecule has 0 aliphatic rings. The average molecular weight is 467 g/mol. The van der Waals surface area contributed by atoms with Crippen LogP contribution in [-0.2, 0) is 4.79 Å². The van der Waals surface area contributed by atoms with Crippen LogP contribution in [0.5, 0.6) is 11.5 Å². The van der Waals surface area contributed by atoms with Gasteiger partial charge in [-0.3, -0.25) is 9.59 Å².